The highest BCUT2D eigenvalue weighted by Crippen LogP contribution is 2.19. The molecule has 1 atom stereocenters. The quantitative estimate of drug-likeness (QED) is 0.424. The van der Waals surface area contributed by atoms with E-state index in [1.165, 1.54) is 0 Å². The Morgan fingerprint density at radius 3 is 2.23 bits per heavy atom. The van der Waals surface area contributed by atoms with Gasteiger partial charge in [-0.3, -0.25) is 9.59 Å². The molecule has 184 valence electrons. The third kappa shape index (κ3) is 8.45. The minimum Gasteiger partial charge on any atom is -0.484 e. The molecular weight excluding hydrogens is 460 g/mol. The van der Waals surface area contributed by atoms with Crippen LogP contribution in [0.5, 0.6) is 5.75 Å². The Morgan fingerprint density at radius 1 is 0.943 bits per heavy atom. The number of halogens is 1. The Morgan fingerprint density at radius 2 is 1.60 bits per heavy atom. The largest absolute Gasteiger partial charge is 0.484 e. The van der Waals surface area contributed by atoms with Gasteiger partial charge in [0.2, 0.25) is 5.91 Å². The molecule has 0 saturated heterocycles. The average Bonchev–Trinajstić information content (AvgIpc) is 2.80. The number of aryl methyl sites for hydroxylation is 1. The molecule has 0 radical (unpaired) electrons. The molecule has 3 aromatic carbocycles. The molecule has 0 aromatic heterocycles. The SMILES string of the molecule is Cc1cccc(CN(C(=O)COc2ccc(Cl)cc2)C(Cc2ccccc2)C(=O)NC(C)(C)C)c1. The van der Waals surface area contributed by atoms with Crippen molar-refractivity contribution in [3.63, 3.8) is 0 Å². The third-order valence-electron chi connectivity index (χ3n) is 5.38. The van der Waals surface area contributed by atoms with Gasteiger partial charge >= 0.3 is 0 Å². The van der Waals surface area contributed by atoms with Gasteiger partial charge in [-0.15, -0.1) is 0 Å². The fourth-order valence-electron chi connectivity index (χ4n) is 3.77. The lowest BCUT2D eigenvalue weighted by Crippen LogP contribution is -2.55. The fraction of sp³-hybridized carbons (Fsp3) is 0.310. The number of carbonyl (C=O) groups is 2. The van der Waals surface area contributed by atoms with Crippen molar-refractivity contribution in [3.05, 3.63) is 101 Å². The second-order valence-electron chi connectivity index (χ2n) is 9.70. The van der Waals surface area contributed by atoms with Crippen LogP contribution in [0.2, 0.25) is 5.02 Å². The molecule has 3 aromatic rings. The van der Waals surface area contributed by atoms with Crippen LogP contribution in [0.25, 0.3) is 0 Å². The van der Waals surface area contributed by atoms with Crippen LogP contribution in [0.15, 0.2) is 78.9 Å². The fourth-order valence-corrected chi connectivity index (χ4v) is 3.90. The summed E-state index contributed by atoms with van der Waals surface area (Å²) < 4.78 is 5.76. The van der Waals surface area contributed by atoms with E-state index in [-0.39, 0.29) is 18.4 Å². The number of nitrogens with one attached hydrogen (secondary N) is 1. The molecule has 0 aliphatic carbocycles. The second-order valence-corrected chi connectivity index (χ2v) is 10.1. The van der Waals surface area contributed by atoms with Crippen LogP contribution >= 0.6 is 11.6 Å². The van der Waals surface area contributed by atoms with Gasteiger partial charge in [-0.2, -0.15) is 0 Å². The molecule has 0 saturated carbocycles. The van der Waals surface area contributed by atoms with Gasteiger partial charge in [-0.25, -0.2) is 0 Å². The van der Waals surface area contributed by atoms with Crippen molar-refractivity contribution in [2.45, 2.75) is 52.2 Å². The summed E-state index contributed by atoms with van der Waals surface area (Å²) in [5, 5.41) is 3.65. The molecule has 6 heteroatoms. The van der Waals surface area contributed by atoms with Crippen LogP contribution in [0.4, 0.5) is 0 Å². The maximum Gasteiger partial charge on any atom is 0.261 e. The van der Waals surface area contributed by atoms with Gasteiger partial charge in [-0.05, 0) is 63.1 Å². The normalized spacial score (nSPS) is 12.0. The predicted octanol–water partition coefficient (Wildman–Crippen LogP) is 5.58. The zero-order valence-electron chi connectivity index (χ0n) is 20.8. The average molecular weight is 493 g/mol. The van der Waals surface area contributed by atoms with Crippen molar-refractivity contribution in [2.75, 3.05) is 6.61 Å². The number of benzene rings is 3. The number of nitrogens with zero attached hydrogens (tertiary/aromatic N) is 1. The van der Waals surface area contributed by atoms with Crippen molar-refractivity contribution >= 4 is 23.4 Å². The monoisotopic (exact) mass is 492 g/mol. The van der Waals surface area contributed by atoms with E-state index in [1.807, 2.05) is 82.3 Å². The van der Waals surface area contributed by atoms with Crippen molar-refractivity contribution in [2.24, 2.45) is 0 Å². The summed E-state index contributed by atoms with van der Waals surface area (Å²) >= 11 is 5.96. The number of amides is 2. The number of hydrogen-bond donors (Lipinski definition) is 1. The Bertz CT molecular complexity index is 1120. The first kappa shape index (κ1) is 26.3. The number of hydrogen-bond acceptors (Lipinski definition) is 3. The van der Waals surface area contributed by atoms with Crippen molar-refractivity contribution in [1.82, 2.24) is 10.2 Å². The lowest BCUT2D eigenvalue weighted by Gasteiger charge is -2.33. The highest BCUT2D eigenvalue weighted by atomic mass is 35.5. The number of rotatable bonds is 9. The Labute approximate surface area is 213 Å². The summed E-state index contributed by atoms with van der Waals surface area (Å²) in [5.74, 6) is 0.0669. The molecule has 0 aliphatic heterocycles. The Hall–Kier alpha value is -3.31. The minimum absolute atomic E-state index is 0.193. The molecule has 5 nitrogen and oxygen atoms in total. The molecule has 3 rings (SSSR count). The first-order chi connectivity index (χ1) is 16.6. The number of carbonyl (C=O) groups excluding carboxylic acids is 2. The summed E-state index contributed by atoms with van der Waals surface area (Å²) in [6.07, 6.45) is 0.390. The van der Waals surface area contributed by atoms with E-state index in [0.717, 1.165) is 16.7 Å². The first-order valence-electron chi connectivity index (χ1n) is 11.7. The molecule has 0 spiro atoms. The van der Waals surface area contributed by atoms with Gasteiger partial charge in [0.1, 0.15) is 11.8 Å². The van der Waals surface area contributed by atoms with Crippen molar-refractivity contribution in [1.29, 1.82) is 0 Å². The van der Waals surface area contributed by atoms with Gasteiger partial charge in [0.25, 0.3) is 5.91 Å². The molecule has 35 heavy (non-hydrogen) atoms. The van der Waals surface area contributed by atoms with E-state index in [4.69, 9.17) is 16.3 Å². The van der Waals surface area contributed by atoms with Crippen LogP contribution in [0.3, 0.4) is 0 Å². The summed E-state index contributed by atoms with van der Waals surface area (Å²) in [6.45, 7) is 7.90. The smallest absolute Gasteiger partial charge is 0.261 e. The van der Waals surface area contributed by atoms with Crippen LogP contribution in [-0.4, -0.2) is 34.9 Å². The van der Waals surface area contributed by atoms with Crippen molar-refractivity contribution < 1.29 is 14.3 Å². The Balaban J connectivity index is 1.92. The topological polar surface area (TPSA) is 58.6 Å². The molecule has 0 aliphatic rings. The van der Waals surface area contributed by atoms with Gasteiger partial charge in [-0.1, -0.05) is 71.8 Å². The van der Waals surface area contributed by atoms with E-state index >= 15 is 0 Å². The third-order valence-corrected chi connectivity index (χ3v) is 5.63. The van der Waals surface area contributed by atoms with Gasteiger partial charge in [0.05, 0.1) is 0 Å². The summed E-state index contributed by atoms with van der Waals surface area (Å²) in [6, 6.07) is 23.8. The maximum absolute atomic E-state index is 13.6. The summed E-state index contributed by atoms with van der Waals surface area (Å²) in [7, 11) is 0. The molecule has 0 bridgehead atoms. The van der Waals surface area contributed by atoms with Gasteiger partial charge in [0.15, 0.2) is 6.61 Å². The molecule has 1 unspecified atom stereocenters. The van der Waals surface area contributed by atoms with Crippen LogP contribution in [0.1, 0.15) is 37.5 Å². The summed E-state index contributed by atoms with van der Waals surface area (Å²) in [5.41, 5.74) is 2.57. The minimum atomic E-state index is -0.710. The van der Waals surface area contributed by atoms with E-state index in [2.05, 4.69) is 5.32 Å². The predicted molar refractivity (Wildman–Crippen MR) is 141 cm³/mol. The van der Waals surface area contributed by atoms with E-state index in [9.17, 15) is 9.59 Å². The van der Waals surface area contributed by atoms with Gasteiger partial charge in [0, 0.05) is 23.5 Å². The van der Waals surface area contributed by atoms with E-state index in [1.54, 1.807) is 29.2 Å². The van der Waals surface area contributed by atoms with Crippen LogP contribution in [0, 0.1) is 6.92 Å². The molecule has 1 N–H and O–H groups in total. The lowest BCUT2D eigenvalue weighted by atomic mass is 10.0. The van der Waals surface area contributed by atoms with Gasteiger partial charge < -0.3 is 15.0 Å². The molecule has 0 heterocycles. The zero-order chi connectivity index (χ0) is 25.4. The second kappa shape index (κ2) is 11.9. The van der Waals surface area contributed by atoms with E-state index in [0.29, 0.717) is 23.7 Å². The van der Waals surface area contributed by atoms with Crippen LogP contribution < -0.4 is 10.1 Å². The highest BCUT2D eigenvalue weighted by Gasteiger charge is 2.32. The molecule has 2 amide bonds. The van der Waals surface area contributed by atoms with E-state index < -0.39 is 11.6 Å². The number of ether oxygens (including phenoxy) is 1. The first-order valence-corrected chi connectivity index (χ1v) is 12.1. The van der Waals surface area contributed by atoms with Crippen molar-refractivity contribution in [3.8, 4) is 5.75 Å². The maximum atomic E-state index is 13.6. The highest BCUT2D eigenvalue weighted by molar-refractivity contribution is 6.30. The lowest BCUT2D eigenvalue weighted by molar-refractivity contribution is -0.143. The molecular formula is C29H33ClN2O3. The zero-order valence-corrected chi connectivity index (χ0v) is 21.5. The van der Waals surface area contributed by atoms with Crippen LogP contribution in [-0.2, 0) is 22.6 Å². The Kier molecular flexibility index (Phi) is 8.94. The molecule has 0 fully saturated rings. The standard InChI is InChI=1S/C29H33ClN2O3/c1-21-9-8-12-23(17-21)19-32(27(33)20-35-25-15-13-24(30)14-16-25)26(28(34)31-29(2,3)4)18-22-10-6-5-7-11-22/h5-17,26H,18-20H2,1-4H3,(H,31,34). The summed E-state index contributed by atoms with van der Waals surface area (Å²) in [4.78, 5) is 28.7.